The molecule has 9 rings (SSSR count). The van der Waals surface area contributed by atoms with Gasteiger partial charge < -0.3 is 19.1 Å². The number of anilines is 4. The van der Waals surface area contributed by atoms with E-state index in [4.69, 9.17) is 9.72 Å². The van der Waals surface area contributed by atoms with Gasteiger partial charge in [-0.3, -0.25) is 0 Å². The first-order valence-corrected chi connectivity index (χ1v) is 19.4. The predicted octanol–water partition coefficient (Wildman–Crippen LogP) is 13.4. The molecule has 280 valence electrons. The summed E-state index contributed by atoms with van der Waals surface area (Å²) in [6.07, 6.45) is 1.96. The number of aryl methyl sites for hydroxylation is 2. The van der Waals surface area contributed by atoms with Crippen LogP contribution in [0, 0.1) is 32.6 Å². The molecule has 0 aliphatic carbocycles. The summed E-state index contributed by atoms with van der Waals surface area (Å²) in [7, 11) is 0. The summed E-state index contributed by atoms with van der Waals surface area (Å²) in [5, 5.41) is 2.34. The maximum atomic E-state index is 6.59. The Bertz CT molecular complexity index is 2720. The zero-order valence-corrected chi connectivity index (χ0v) is 35.5. The summed E-state index contributed by atoms with van der Waals surface area (Å²) in [6.45, 7) is 20.1. The summed E-state index contributed by atoms with van der Waals surface area (Å²) in [5.74, 6) is 2.11. The predicted molar refractivity (Wildman–Crippen MR) is 226 cm³/mol. The molecule has 55 heavy (non-hydrogen) atoms. The molecule has 1 aliphatic rings. The summed E-state index contributed by atoms with van der Waals surface area (Å²) in [4.78, 5) is 9.40. The summed E-state index contributed by atoms with van der Waals surface area (Å²) >= 11 is 1.81. The average molecular weight is 919 g/mol. The SMILES string of the molecule is Cc1cnc(-n2c3[c-]c(Oc4[c-]c(N5[CH-]N(c6cc(C(C)(C)C)cc(C(C)(C)C)c6)c6ccccc65)ccc4)ccc3c3sc4ccccc4c32)cc1C.[Pt]. The molecule has 7 heteroatoms. The fraction of sp³-hybridized carbons (Fsp3) is 0.208. The molecular formula is C48H43N4OPtS-3. The van der Waals surface area contributed by atoms with Crippen molar-refractivity contribution in [1.82, 2.24) is 9.55 Å². The number of hydrogen-bond donors (Lipinski definition) is 0. The van der Waals surface area contributed by atoms with E-state index in [1.165, 1.54) is 37.0 Å². The van der Waals surface area contributed by atoms with E-state index in [1.807, 2.05) is 35.7 Å². The monoisotopic (exact) mass is 918 g/mol. The first-order chi connectivity index (χ1) is 25.8. The molecule has 8 aromatic rings. The molecule has 0 spiro atoms. The van der Waals surface area contributed by atoms with Gasteiger partial charge in [0.1, 0.15) is 5.82 Å². The van der Waals surface area contributed by atoms with Crippen molar-refractivity contribution >= 4 is 65.3 Å². The molecule has 0 saturated carbocycles. The second-order valence-electron chi connectivity index (χ2n) is 16.4. The number of fused-ring (bicyclic) bond motifs is 6. The van der Waals surface area contributed by atoms with Crippen LogP contribution in [0.15, 0.2) is 109 Å². The molecule has 5 nitrogen and oxygen atoms in total. The number of nitrogens with zero attached hydrogens (tertiary/aromatic N) is 4. The van der Waals surface area contributed by atoms with Crippen LogP contribution in [0.2, 0.25) is 0 Å². The first kappa shape index (κ1) is 37.0. The molecule has 5 aromatic carbocycles. The Morgan fingerprint density at radius 1 is 0.673 bits per heavy atom. The Morgan fingerprint density at radius 2 is 1.35 bits per heavy atom. The van der Waals surface area contributed by atoms with Gasteiger partial charge in [0.05, 0.1) is 5.52 Å². The normalized spacial score (nSPS) is 13.2. The Hall–Kier alpha value is -4.90. The fourth-order valence-corrected chi connectivity index (χ4v) is 8.49. The fourth-order valence-electron chi connectivity index (χ4n) is 7.27. The quantitative estimate of drug-likeness (QED) is 0.161. The molecule has 0 N–H and O–H groups in total. The van der Waals surface area contributed by atoms with Crippen molar-refractivity contribution in [3.05, 3.63) is 150 Å². The second-order valence-corrected chi connectivity index (χ2v) is 17.5. The molecule has 3 aromatic heterocycles. The Kier molecular flexibility index (Phi) is 9.22. The number of thiophene rings is 1. The second kappa shape index (κ2) is 13.7. The van der Waals surface area contributed by atoms with E-state index >= 15 is 0 Å². The van der Waals surface area contributed by atoms with E-state index in [9.17, 15) is 0 Å². The van der Waals surface area contributed by atoms with Gasteiger partial charge in [-0.05, 0) is 83.3 Å². The molecule has 0 radical (unpaired) electrons. The number of hydrogen-bond acceptors (Lipinski definition) is 5. The molecule has 0 saturated heterocycles. The minimum atomic E-state index is 0. The summed E-state index contributed by atoms with van der Waals surface area (Å²) in [6, 6.07) is 43.8. The standard InChI is InChI=1S/C48H43N4OS.Pt/c1-30-22-44(49-28-31(30)2)52-42-27-37(20-21-38(42)46-45(52)39-16-9-12-19-43(39)54-46)53-36-15-13-14-34(26-36)50-29-51(41-18-11-10-17-40(41)50)35-24-32(47(3,4)5)23-33(25-35)48(6,7)8;/h9-25,28-29H,1-8H3;/q-3;. The first-order valence-electron chi connectivity index (χ1n) is 18.5. The van der Waals surface area contributed by atoms with Gasteiger partial charge in [-0.1, -0.05) is 88.8 Å². The number of pyridine rings is 1. The minimum absolute atomic E-state index is 0. The molecule has 0 atom stereocenters. The van der Waals surface area contributed by atoms with Crippen molar-refractivity contribution in [2.24, 2.45) is 0 Å². The van der Waals surface area contributed by atoms with E-state index in [0.717, 1.165) is 45.0 Å². The smallest absolute Gasteiger partial charge is 0.135 e. The van der Waals surface area contributed by atoms with Crippen molar-refractivity contribution < 1.29 is 25.8 Å². The van der Waals surface area contributed by atoms with Gasteiger partial charge in [-0.15, -0.1) is 54.0 Å². The Morgan fingerprint density at radius 3 is 2.05 bits per heavy atom. The number of benzene rings is 5. The van der Waals surface area contributed by atoms with Gasteiger partial charge in [0.2, 0.25) is 0 Å². The number of aromatic nitrogens is 2. The van der Waals surface area contributed by atoms with Gasteiger partial charge in [-0.2, -0.15) is 12.1 Å². The topological polar surface area (TPSA) is 33.5 Å². The van der Waals surface area contributed by atoms with Crippen LogP contribution in [-0.4, -0.2) is 9.55 Å². The van der Waals surface area contributed by atoms with Crippen LogP contribution < -0.4 is 14.5 Å². The van der Waals surface area contributed by atoms with Gasteiger partial charge in [0, 0.05) is 70.6 Å². The van der Waals surface area contributed by atoms with E-state index in [2.05, 4.69) is 173 Å². The summed E-state index contributed by atoms with van der Waals surface area (Å²) < 4.78 is 11.3. The molecule has 4 heterocycles. The molecule has 0 amide bonds. The van der Waals surface area contributed by atoms with Gasteiger partial charge in [0.25, 0.3) is 0 Å². The van der Waals surface area contributed by atoms with Gasteiger partial charge in [0.15, 0.2) is 0 Å². The molecule has 0 unspecified atom stereocenters. The van der Waals surface area contributed by atoms with Crippen LogP contribution in [0.3, 0.4) is 0 Å². The number of rotatable bonds is 5. The van der Waals surface area contributed by atoms with Crippen molar-refractivity contribution in [2.75, 3.05) is 9.80 Å². The van der Waals surface area contributed by atoms with Crippen LogP contribution >= 0.6 is 11.3 Å². The third-order valence-corrected chi connectivity index (χ3v) is 11.7. The summed E-state index contributed by atoms with van der Waals surface area (Å²) in [5.41, 5.74) is 11.3. The average Bonchev–Trinajstić information content (AvgIpc) is 3.81. The van der Waals surface area contributed by atoms with Crippen molar-refractivity contribution in [3.8, 4) is 17.3 Å². The number of para-hydroxylation sites is 2. The largest absolute Gasteiger partial charge is 0.509 e. The van der Waals surface area contributed by atoms with Crippen LogP contribution in [-0.2, 0) is 31.9 Å². The number of ether oxygens (including phenoxy) is 1. The van der Waals surface area contributed by atoms with Gasteiger partial charge in [-0.25, -0.2) is 4.98 Å². The van der Waals surface area contributed by atoms with Crippen LogP contribution in [0.5, 0.6) is 11.5 Å². The van der Waals surface area contributed by atoms with E-state index < -0.39 is 0 Å². The minimum Gasteiger partial charge on any atom is -0.509 e. The Balaban J connectivity index is 0.00000427. The third kappa shape index (κ3) is 6.53. The van der Waals surface area contributed by atoms with Crippen LogP contribution in [0.1, 0.15) is 63.8 Å². The molecule has 1 aliphatic heterocycles. The maximum absolute atomic E-state index is 6.59. The van der Waals surface area contributed by atoms with E-state index in [-0.39, 0.29) is 31.9 Å². The van der Waals surface area contributed by atoms with Gasteiger partial charge >= 0.3 is 0 Å². The molecule has 0 fully saturated rings. The van der Waals surface area contributed by atoms with E-state index in [0.29, 0.717) is 11.5 Å². The molecule has 0 bridgehead atoms. The Labute approximate surface area is 342 Å². The van der Waals surface area contributed by atoms with Crippen molar-refractivity contribution in [3.63, 3.8) is 0 Å². The van der Waals surface area contributed by atoms with Crippen LogP contribution in [0.25, 0.3) is 37.0 Å². The molecular weight excluding hydrogens is 876 g/mol. The zero-order valence-electron chi connectivity index (χ0n) is 32.4. The van der Waals surface area contributed by atoms with Crippen molar-refractivity contribution in [1.29, 1.82) is 0 Å². The van der Waals surface area contributed by atoms with E-state index in [1.54, 1.807) is 0 Å². The third-order valence-electron chi connectivity index (χ3n) is 10.5. The van der Waals surface area contributed by atoms with Crippen LogP contribution in [0.4, 0.5) is 22.7 Å². The van der Waals surface area contributed by atoms with Crippen molar-refractivity contribution in [2.45, 2.75) is 66.2 Å². The zero-order chi connectivity index (χ0) is 37.5. The maximum Gasteiger partial charge on any atom is 0.135 e.